The number of hydrogen-bond acceptors (Lipinski definition) is 3. The number of fused-ring (bicyclic) bond motifs is 3. The number of rotatable bonds is 4. The van der Waals surface area contributed by atoms with Crippen LogP contribution in [0.5, 0.6) is 0 Å². The van der Waals surface area contributed by atoms with Gasteiger partial charge in [-0.3, -0.25) is 9.59 Å². The summed E-state index contributed by atoms with van der Waals surface area (Å²) in [5.41, 5.74) is 6.29. The number of nitrogens with zero attached hydrogens (tertiary/aromatic N) is 4. The van der Waals surface area contributed by atoms with Gasteiger partial charge in [0.2, 0.25) is 5.91 Å². The summed E-state index contributed by atoms with van der Waals surface area (Å²) < 4.78 is 3.44. The zero-order chi connectivity index (χ0) is 23.1. The Morgan fingerprint density at radius 1 is 0.970 bits per heavy atom. The van der Waals surface area contributed by atoms with E-state index in [0.717, 1.165) is 48.6 Å². The maximum Gasteiger partial charge on any atom is 0.291 e. The van der Waals surface area contributed by atoms with Crippen LogP contribution in [-0.2, 0) is 17.9 Å². The fraction of sp³-hybridized carbons (Fsp3) is 0.370. The van der Waals surface area contributed by atoms with Crippen molar-refractivity contribution in [3.63, 3.8) is 0 Å². The maximum absolute atomic E-state index is 13.7. The minimum Gasteiger partial charge on any atom is -0.341 e. The van der Waals surface area contributed by atoms with Crippen molar-refractivity contribution in [2.45, 2.75) is 53.1 Å². The topological polar surface area (TPSA) is 60.1 Å². The van der Waals surface area contributed by atoms with Crippen LogP contribution in [0.2, 0.25) is 0 Å². The van der Waals surface area contributed by atoms with Gasteiger partial charge in [-0.05, 0) is 62.8 Å². The number of amides is 1. The number of carbonyl (C=O) groups is 1. The molecule has 0 bridgehead atoms. The summed E-state index contributed by atoms with van der Waals surface area (Å²) in [7, 11) is 0. The summed E-state index contributed by atoms with van der Waals surface area (Å²) in [6.45, 7) is 8.47. The lowest BCUT2D eigenvalue weighted by Crippen LogP contribution is -2.40. The first kappa shape index (κ1) is 21.4. The van der Waals surface area contributed by atoms with Crippen LogP contribution in [-0.4, -0.2) is 38.2 Å². The van der Waals surface area contributed by atoms with E-state index in [1.807, 2.05) is 23.1 Å². The Balaban J connectivity index is 1.64. The van der Waals surface area contributed by atoms with Crippen molar-refractivity contribution in [2.24, 2.45) is 0 Å². The molecule has 6 heteroatoms. The number of hydrogen-bond donors (Lipinski definition) is 0. The second kappa shape index (κ2) is 8.50. The van der Waals surface area contributed by atoms with E-state index in [1.165, 1.54) is 26.9 Å². The zero-order valence-corrected chi connectivity index (χ0v) is 19.6. The molecule has 0 radical (unpaired) electrons. The first-order valence-corrected chi connectivity index (χ1v) is 11.8. The SMILES string of the molecule is Cc1cc(C)c(Cn2c3ccccc3c3cnn(CC(=O)N4CCCCC4)c(=O)c32)c(C)c1. The summed E-state index contributed by atoms with van der Waals surface area (Å²) in [4.78, 5) is 28.4. The fourth-order valence-electron chi connectivity index (χ4n) is 5.26. The van der Waals surface area contributed by atoms with Crippen LogP contribution in [0.15, 0.2) is 47.4 Å². The second-order valence-electron chi connectivity index (χ2n) is 9.29. The Morgan fingerprint density at radius 2 is 1.67 bits per heavy atom. The molecule has 2 aromatic carbocycles. The average molecular weight is 443 g/mol. The Bertz CT molecular complexity index is 1400. The van der Waals surface area contributed by atoms with E-state index in [4.69, 9.17) is 0 Å². The number of aryl methyl sites for hydroxylation is 3. The molecule has 0 saturated carbocycles. The highest BCUT2D eigenvalue weighted by Crippen LogP contribution is 2.28. The third-order valence-electron chi connectivity index (χ3n) is 6.92. The maximum atomic E-state index is 13.7. The monoisotopic (exact) mass is 442 g/mol. The normalized spacial score (nSPS) is 14.3. The first-order chi connectivity index (χ1) is 15.9. The van der Waals surface area contributed by atoms with Gasteiger partial charge in [0.05, 0.1) is 6.20 Å². The van der Waals surface area contributed by atoms with Crippen molar-refractivity contribution in [3.05, 3.63) is 75.2 Å². The smallest absolute Gasteiger partial charge is 0.291 e. The van der Waals surface area contributed by atoms with Crippen LogP contribution in [0.1, 0.15) is 41.5 Å². The molecular weight excluding hydrogens is 412 g/mol. The highest BCUT2D eigenvalue weighted by molar-refractivity contribution is 6.07. The van der Waals surface area contributed by atoms with Crippen molar-refractivity contribution in [1.29, 1.82) is 0 Å². The lowest BCUT2D eigenvalue weighted by molar-refractivity contribution is -0.133. The molecule has 2 aromatic heterocycles. The molecule has 0 aliphatic carbocycles. The molecule has 6 nitrogen and oxygen atoms in total. The molecule has 1 amide bonds. The van der Waals surface area contributed by atoms with Crippen molar-refractivity contribution in [2.75, 3.05) is 13.1 Å². The predicted octanol–water partition coefficient (Wildman–Crippen LogP) is 4.34. The highest BCUT2D eigenvalue weighted by atomic mass is 16.2. The minimum atomic E-state index is -0.212. The largest absolute Gasteiger partial charge is 0.341 e. The van der Waals surface area contributed by atoms with Gasteiger partial charge >= 0.3 is 0 Å². The lowest BCUT2D eigenvalue weighted by atomic mass is 10.00. The van der Waals surface area contributed by atoms with E-state index in [9.17, 15) is 9.59 Å². The van der Waals surface area contributed by atoms with Crippen molar-refractivity contribution in [1.82, 2.24) is 19.2 Å². The molecule has 0 N–H and O–H groups in total. The molecule has 1 aliphatic rings. The van der Waals surface area contributed by atoms with Crippen molar-refractivity contribution < 1.29 is 4.79 Å². The summed E-state index contributed by atoms with van der Waals surface area (Å²) >= 11 is 0. The number of likely N-dealkylation sites (tertiary alicyclic amines) is 1. The Hall–Kier alpha value is -3.41. The van der Waals surface area contributed by atoms with Crippen LogP contribution in [0.4, 0.5) is 0 Å². The average Bonchev–Trinajstić information content (AvgIpc) is 3.13. The van der Waals surface area contributed by atoms with Gasteiger partial charge in [0.25, 0.3) is 5.56 Å². The Morgan fingerprint density at radius 3 is 2.39 bits per heavy atom. The van der Waals surface area contributed by atoms with Gasteiger partial charge in [0.15, 0.2) is 0 Å². The number of benzene rings is 2. The second-order valence-corrected chi connectivity index (χ2v) is 9.29. The zero-order valence-electron chi connectivity index (χ0n) is 19.6. The van der Waals surface area contributed by atoms with Gasteiger partial charge < -0.3 is 9.47 Å². The molecule has 0 atom stereocenters. The van der Waals surface area contributed by atoms with Crippen LogP contribution in [0, 0.1) is 20.8 Å². The van der Waals surface area contributed by atoms with E-state index in [0.29, 0.717) is 12.1 Å². The molecule has 1 saturated heterocycles. The van der Waals surface area contributed by atoms with Gasteiger partial charge in [-0.15, -0.1) is 0 Å². The van der Waals surface area contributed by atoms with Gasteiger partial charge in [-0.25, -0.2) is 4.68 Å². The number of piperidine rings is 1. The number of carbonyl (C=O) groups excluding carboxylic acids is 1. The minimum absolute atomic E-state index is 0.0150. The molecule has 4 aromatic rings. The third kappa shape index (κ3) is 3.84. The first-order valence-electron chi connectivity index (χ1n) is 11.8. The standard InChI is InChI=1S/C27H30N4O2/c1-18-13-19(2)23(20(3)14-18)16-30-24-10-6-5-9-21(24)22-15-28-31(27(33)26(22)30)17-25(32)29-11-7-4-8-12-29/h5-6,9-10,13-15H,4,7-8,11-12,16-17H2,1-3H3. The summed E-state index contributed by atoms with van der Waals surface area (Å²) in [6.07, 6.45) is 4.95. The quantitative estimate of drug-likeness (QED) is 0.472. The molecule has 1 aliphatic heterocycles. The van der Waals surface area contributed by atoms with E-state index in [1.54, 1.807) is 6.20 Å². The molecule has 1 fully saturated rings. The van der Waals surface area contributed by atoms with Crippen LogP contribution in [0.25, 0.3) is 21.8 Å². The molecule has 0 unspecified atom stereocenters. The van der Waals surface area contributed by atoms with E-state index < -0.39 is 0 Å². The van der Waals surface area contributed by atoms with E-state index in [-0.39, 0.29) is 18.0 Å². The Labute approximate surface area is 193 Å². The number of para-hydroxylation sites is 1. The lowest BCUT2D eigenvalue weighted by Gasteiger charge is -2.26. The van der Waals surface area contributed by atoms with E-state index >= 15 is 0 Å². The summed E-state index contributed by atoms with van der Waals surface area (Å²) in [6, 6.07) is 12.4. The van der Waals surface area contributed by atoms with Gasteiger partial charge in [0.1, 0.15) is 12.1 Å². The fourth-order valence-corrected chi connectivity index (χ4v) is 5.26. The highest BCUT2D eigenvalue weighted by Gasteiger charge is 2.21. The third-order valence-corrected chi connectivity index (χ3v) is 6.92. The molecule has 5 rings (SSSR count). The molecule has 33 heavy (non-hydrogen) atoms. The van der Waals surface area contributed by atoms with Crippen LogP contribution in [0.3, 0.4) is 0 Å². The van der Waals surface area contributed by atoms with Crippen molar-refractivity contribution >= 4 is 27.7 Å². The van der Waals surface area contributed by atoms with Crippen LogP contribution >= 0.6 is 0 Å². The Kier molecular flexibility index (Phi) is 5.52. The van der Waals surface area contributed by atoms with Gasteiger partial charge in [-0.1, -0.05) is 35.9 Å². The molecule has 3 heterocycles. The van der Waals surface area contributed by atoms with Crippen molar-refractivity contribution in [3.8, 4) is 0 Å². The molecule has 0 spiro atoms. The number of aromatic nitrogens is 3. The molecular formula is C27H30N4O2. The van der Waals surface area contributed by atoms with Gasteiger partial charge in [-0.2, -0.15) is 5.10 Å². The summed E-state index contributed by atoms with van der Waals surface area (Å²) in [5.74, 6) is -0.0310. The van der Waals surface area contributed by atoms with Crippen LogP contribution < -0.4 is 5.56 Å². The molecule has 170 valence electrons. The van der Waals surface area contributed by atoms with Gasteiger partial charge in [0, 0.05) is 35.9 Å². The van der Waals surface area contributed by atoms with E-state index in [2.05, 4.69) is 48.6 Å². The predicted molar refractivity (Wildman–Crippen MR) is 132 cm³/mol. The summed E-state index contributed by atoms with van der Waals surface area (Å²) in [5, 5.41) is 6.24.